The Labute approximate surface area is 121 Å². The number of aromatic nitrogens is 2. The third-order valence-corrected chi connectivity index (χ3v) is 4.97. The molecule has 1 aliphatic carbocycles. The molecule has 0 amide bonds. The first kappa shape index (κ1) is 14.9. The molecule has 4 heteroatoms. The van der Waals surface area contributed by atoms with Crippen LogP contribution in [0.15, 0.2) is 0 Å². The van der Waals surface area contributed by atoms with E-state index in [1.807, 2.05) is 4.68 Å². The van der Waals surface area contributed by atoms with Gasteiger partial charge >= 0.3 is 0 Å². The molecule has 2 atom stereocenters. The number of aryl methyl sites for hydroxylation is 2. The van der Waals surface area contributed by atoms with Gasteiger partial charge in [0.1, 0.15) is 0 Å². The van der Waals surface area contributed by atoms with E-state index in [9.17, 15) is 0 Å². The largest absolute Gasteiger partial charge is 0.325 e. The molecule has 0 bridgehead atoms. The number of rotatable bonds is 5. The molecule has 19 heavy (non-hydrogen) atoms. The first-order valence-corrected chi connectivity index (χ1v) is 7.93. The van der Waals surface area contributed by atoms with Crippen molar-refractivity contribution in [2.24, 2.45) is 11.7 Å². The van der Waals surface area contributed by atoms with Gasteiger partial charge in [-0.15, -0.1) is 0 Å². The van der Waals surface area contributed by atoms with Crippen LogP contribution in [-0.4, -0.2) is 15.3 Å². The van der Waals surface area contributed by atoms with E-state index in [2.05, 4.69) is 25.9 Å². The van der Waals surface area contributed by atoms with E-state index in [-0.39, 0.29) is 5.54 Å². The van der Waals surface area contributed by atoms with Crippen molar-refractivity contribution in [1.29, 1.82) is 0 Å². The molecule has 3 nitrogen and oxygen atoms in total. The van der Waals surface area contributed by atoms with Crippen molar-refractivity contribution in [1.82, 2.24) is 9.78 Å². The van der Waals surface area contributed by atoms with Gasteiger partial charge in [0.15, 0.2) is 0 Å². The van der Waals surface area contributed by atoms with Crippen molar-refractivity contribution in [3.8, 4) is 0 Å². The number of hydrogen-bond donors (Lipinski definition) is 1. The summed E-state index contributed by atoms with van der Waals surface area (Å²) >= 11 is 6.48. The van der Waals surface area contributed by atoms with Gasteiger partial charge in [0.05, 0.1) is 16.4 Å². The lowest BCUT2D eigenvalue weighted by molar-refractivity contribution is 0.394. The summed E-state index contributed by atoms with van der Waals surface area (Å²) in [7, 11) is 0. The first-order valence-electron chi connectivity index (χ1n) is 7.55. The van der Waals surface area contributed by atoms with Crippen LogP contribution in [0.25, 0.3) is 0 Å². The fraction of sp³-hybridized carbons (Fsp3) is 0.800. The highest BCUT2D eigenvalue weighted by molar-refractivity contribution is 6.31. The summed E-state index contributed by atoms with van der Waals surface area (Å²) in [5.74, 6) is 0.785. The lowest BCUT2D eigenvalue weighted by Gasteiger charge is -2.24. The van der Waals surface area contributed by atoms with Gasteiger partial charge in [0.2, 0.25) is 0 Å². The summed E-state index contributed by atoms with van der Waals surface area (Å²) in [6.07, 6.45) is 6.47. The quantitative estimate of drug-likeness (QED) is 0.898. The second kappa shape index (κ2) is 5.84. The third-order valence-electron chi connectivity index (χ3n) is 4.54. The van der Waals surface area contributed by atoms with Gasteiger partial charge in [-0.3, -0.25) is 4.68 Å². The number of nitrogens with zero attached hydrogens (tertiary/aromatic N) is 2. The van der Waals surface area contributed by atoms with E-state index in [4.69, 9.17) is 17.3 Å². The summed E-state index contributed by atoms with van der Waals surface area (Å²) in [5.41, 5.74) is 8.67. The normalized spacial score (nSPS) is 27.1. The molecule has 2 N–H and O–H groups in total. The molecular formula is C15H26ClN3. The third kappa shape index (κ3) is 2.97. The highest BCUT2D eigenvalue weighted by Gasteiger charge is 2.36. The number of halogens is 1. The average Bonchev–Trinajstić information content (AvgIpc) is 2.92. The Bertz CT molecular complexity index is 441. The lowest BCUT2D eigenvalue weighted by Crippen LogP contribution is -2.40. The summed E-state index contributed by atoms with van der Waals surface area (Å²) in [6.45, 7) is 7.33. The lowest BCUT2D eigenvalue weighted by atomic mass is 9.91. The van der Waals surface area contributed by atoms with E-state index in [1.165, 1.54) is 12.8 Å². The molecule has 1 fully saturated rings. The molecule has 1 saturated carbocycles. The molecule has 0 radical (unpaired) electrons. The summed E-state index contributed by atoms with van der Waals surface area (Å²) in [4.78, 5) is 0. The topological polar surface area (TPSA) is 43.8 Å². The van der Waals surface area contributed by atoms with E-state index >= 15 is 0 Å². The maximum absolute atomic E-state index is 6.60. The van der Waals surface area contributed by atoms with Gasteiger partial charge in [-0.2, -0.15) is 5.10 Å². The Balaban J connectivity index is 2.21. The number of hydrogen-bond acceptors (Lipinski definition) is 2. The summed E-state index contributed by atoms with van der Waals surface area (Å²) in [6, 6.07) is 0. The Morgan fingerprint density at radius 2 is 2.16 bits per heavy atom. The van der Waals surface area contributed by atoms with Crippen LogP contribution in [0.2, 0.25) is 5.02 Å². The molecule has 0 aliphatic heterocycles. The highest BCUT2D eigenvalue weighted by Crippen LogP contribution is 2.38. The molecule has 2 unspecified atom stereocenters. The van der Waals surface area contributed by atoms with Crippen LogP contribution in [0.1, 0.15) is 57.8 Å². The Hall–Kier alpha value is -0.540. The van der Waals surface area contributed by atoms with E-state index in [0.717, 1.165) is 54.6 Å². The summed E-state index contributed by atoms with van der Waals surface area (Å²) in [5, 5.41) is 5.43. The molecule has 108 valence electrons. The molecule has 1 aliphatic rings. The molecule has 1 aromatic heterocycles. The molecule has 1 heterocycles. The number of nitrogens with two attached hydrogens (primary N) is 1. The predicted molar refractivity (Wildman–Crippen MR) is 80.5 cm³/mol. The molecule has 1 aromatic rings. The maximum atomic E-state index is 6.60. The van der Waals surface area contributed by atoms with Crippen molar-refractivity contribution in [2.75, 3.05) is 0 Å². The fourth-order valence-corrected chi connectivity index (χ4v) is 3.64. The van der Waals surface area contributed by atoms with Crippen molar-refractivity contribution >= 4 is 11.6 Å². The van der Waals surface area contributed by atoms with E-state index in [1.54, 1.807) is 0 Å². The Morgan fingerprint density at radius 3 is 2.68 bits per heavy atom. The smallest absolute Gasteiger partial charge is 0.0850 e. The van der Waals surface area contributed by atoms with E-state index < -0.39 is 0 Å². The van der Waals surface area contributed by atoms with Crippen LogP contribution < -0.4 is 5.73 Å². The van der Waals surface area contributed by atoms with Crippen molar-refractivity contribution < 1.29 is 0 Å². The monoisotopic (exact) mass is 283 g/mol. The van der Waals surface area contributed by atoms with Gasteiger partial charge in [-0.25, -0.2) is 0 Å². The molecule has 2 rings (SSSR count). The van der Waals surface area contributed by atoms with Gasteiger partial charge in [-0.1, -0.05) is 31.9 Å². The Kier molecular flexibility index (Phi) is 4.57. The van der Waals surface area contributed by atoms with Crippen molar-refractivity contribution in [2.45, 2.75) is 71.4 Å². The SMILES string of the molecule is CCc1nn(CC)c(CC2(N)CCC(CC)C2)c1Cl. The maximum Gasteiger partial charge on any atom is 0.0850 e. The molecule has 0 saturated heterocycles. The predicted octanol–water partition coefficient (Wildman–Crippen LogP) is 3.57. The van der Waals surface area contributed by atoms with Gasteiger partial charge in [0, 0.05) is 18.5 Å². The standard InChI is InChI=1S/C15H26ClN3/c1-4-11-7-8-15(17,9-11)10-13-14(16)12(5-2)18-19(13)6-3/h11H,4-10,17H2,1-3H3. The van der Waals surface area contributed by atoms with Crippen LogP contribution in [0, 0.1) is 5.92 Å². The van der Waals surface area contributed by atoms with Crippen LogP contribution in [0.3, 0.4) is 0 Å². The minimum atomic E-state index is -0.0811. The van der Waals surface area contributed by atoms with Gasteiger partial charge < -0.3 is 5.73 Å². The van der Waals surface area contributed by atoms with Crippen LogP contribution in [-0.2, 0) is 19.4 Å². The highest BCUT2D eigenvalue weighted by atomic mass is 35.5. The second-order valence-electron chi connectivity index (χ2n) is 5.93. The minimum Gasteiger partial charge on any atom is -0.325 e. The Morgan fingerprint density at radius 1 is 1.42 bits per heavy atom. The van der Waals surface area contributed by atoms with Gasteiger partial charge in [-0.05, 0) is 38.5 Å². The van der Waals surface area contributed by atoms with Crippen molar-refractivity contribution in [3.05, 3.63) is 16.4 Å². The van der Waals surface area contributed by atoms with Crippen molar-refractivity contribution in [3.63, 3.8) is 0 Å². The van der Waals surface area contributed by atoms with E-state index in [0.29, 0.717) is 0 Å². The molecule has 0 spiro atoms. The van der Waals surface area contributed by atoms with Crippen LogP contribution in [0.4, 0.5) is 0 Å². The zero-order valence-electron chi connectivity index (χ0n) is 12.4. The molecule has 0 aromatic carbocycles. The summed E-state index contributed by atoms with van der Waals surface area (Å²) < 4.78 is 2.04. The molecular weight excluding hydrogens is 258 g/mol. The zero-order chi connectivity index (χ0) is 14.0. The van der Waals surface area contributed by atoms with Gasteiger partial charge in [0.25, 0.3) is 0 Å². The zero-order valence-corrected chi connectivity index (χ0v) is 13.1. The average molecular weight is 284 g/mol. The minimum absolute atomic E-state index is 0.0811. The fourth-order valence-electron chi connectivity index (χ4n) is 3.30. The first-order chi connectivity index (χ1) is 9.03. The second-order valence-corrected chi connectivity index (χ2v) is 6.31. The van der Waals surface area contributed by atoms with Crippen LogP contribution >= 0.6 is 11.6 Å². The van der Waals surface area contributed by atoms with Crippen LogP contribution in [0.5, 0.6) is 0 Å².